The van der Waals surface area contributed by atoms with Crippen molar-refractivity contribution in [1.29, 1.82) is 0 Å². The maximum atomic E-state index is 13.3. The number of aromatic nitrogens is 1. The van der Waals surface area contributed by atoms with Crippen molar-refractivity contribution in [2.24, 2.45) is 7.05 Å². The van der Waals surface area contributed by atoms with Gasteiger partial charge in [-0.05, 0) is 47.0 Å². The highest BCUT2D eigenvalue weighted by atomic mass is 19.1. The molecule has 0 atom stereocenters. The van der Waals surface area contributed by atoms with Gasteiger partial charge in [-0.3, -0.25) is 0 Å². The highest BCUT2D eigenvalue weighted by Crippen LogP contribution is 2.34. The van der Waals surface area contributed by atoms with Crippen molar-refractivity contribution >= 4 is 10.9 Å². The fourth-order valence-electron chi connectivity index (χ4n) is 3.43. The second kappa shape index (κ2) is 5.97. The molecule has 0 saturated carbocycles. The summed E-state index contributed by atoms with van der Waals surface area (Å²) in [6.45, 7) is 0. The Balaban J connectivity index is 1.95. The summed E-state index contributed by atoms with van der Waals surface area (Å²) in [7, 11) is 2.08. The van der Waals surface area contributed by atoms with Crippen LogP contribution in [-0.2, 0) is 13.5 Å². The SMILES string of the molecule is Cn1c(-c2ccc(F)cc2)c(Cc2ccccc2)c2ccccc21. The summed E-state index contributed by atoms with van der Waals surface area (Å²) in [5.74, 6) is -0.206. The van der Waals surface area contributed by atoms with Crippen LogP contribution in [0.3, 0.4) is 0 Å². The molecule has 0 unspecified atom stereocenters. The van der Waals surface area contributed by atoms with Crippen molar-refractivity contribution in [3.05, 3.63) is 95.8 Å². The first kappa shape index (κ1) is 14.7. The van der Waals surface area contributed by atoms with Gasteiger partial charge in [0.15, 0.2) is 0 Å². The first-order valence-electron chi connectivity index (χ1n) is 8.10. The Morgan fingerprint density at radius 3 is 2.21 bits per heavy atom. The van der Waals surface area contributed by atoms with Crippen molar-refractivity contribution in [3.8, 4) is 11.3 Å². The monoisotopic (exact) mass is 315 g/mol. The lowest BCUT2D eigenvalue weighted by Gasteiger charge is -2.09. The van der Waals surface area contributed by atoms with Gasteiger partial charge in [-0.15, -0.1) is 0 Å². The van der Waals surface area contributed by atoms with Gasteiger partial charge in [-0.25, -0.2) is 4.39 Å². The molecule has 0 aliphatic rings. The average Bonchev–Trinajstić information content (AvgIpc) is 2.89. The first-order valence-corrected chi connectivity index (χ1v) is 8.10. The third kappa shape index (κ3) is 2.50. The molecule has 0 bridgehead atoms. The lowest BCUT2D eigenvalue weighted by Crippen LogP contribution is -1.95. The predicted molar refractivity (Wildman–Crippen MR) is 97.6 cm³/mol. The van der Waals surface area contributed by atoms with Gasteiger partial charge in [0.25, 0.3) is 0 Å². The third-order valence-corrected chi connectivity index (χ3v) is 4.55. The lowest BCUT2D eigenvalue weighted by atomic mass is 9.98. The van der Waals surface area contributed by atoms with Crippen LogP contribution in [0.5, 0.6) is 0 Å². The summed E-state index contributed by atoms with van der Waals surface area (Å²) in [4.78, 5) is 0. The maximum absolute atomic E-state index is 13.3. The molecule has 0 aliphatic carbocycles. The van der Waals surface area contributed by atoms with E-state index in [2.05, 4.69) is 60.1 Å². The summed E-state index contributed by atoms with van der Waals surface area (Å²) in [5, 5.41) is 1.25. The molecule has 0 saturated heterocycles. The Morgan fingerprint density at radius 1 is 0.792 bits per heavy atom. The van der Waals surface area contributed by atoms with Crippen LogP contribution in [0.25, 0.3) is 22.2 Å². The Kier molecular flexibility index (Phi) is 3.66. The molecule has 118 valence electrons. The predicted octanol–water partition coefficient (Wildman–Crippen LogP) is 5.58. The normalized spacial score (nSPS) is 11.1. The lowest BCUT2D eigenvalue weighted by molar-refractivity contribution is 0.628. The van der Waals surface area contributed by atoms with Gasteiger partial charge in [0.1, 0.15) is 5.82 Å². The largest absolute Gasteiger partial charge is 0.343 e. The molecule has 2 heteroatoms. The van der Waals surface area contributed by atoms with E-state index in [1.165, 1.54) is 34.2 Å². The molecular formula is C22H18FN. The highest BCUT2D eigenvalue weighted by molar-refractivity contribution is 5.92. The summed E-state index contributed by atoms with van der Waals surface area (Å²) < 4.78 is 15.6. The summed E-state index contributed by atoms with van der Waals surface area (Å²) >= 11 is 0. The van der Waals surface area contributed by atoms with Gasteiger partial charge >= 0.3 is 0 Å². The second-order valence-corrected chi connectivity index (χ2v) is 6.07. The molecule has 0 fully saturated rings. The number of benzene rings is 3. The molecule has 1 aromatic heterocycles. The van der Waals surface area contributed by atoms with Crippen LogP contribution in [0, 0.1) is 5.82 Å². The topological polar surface area (TPSA) is 4.93 Å². The molecule has 1 heterocycles. The zero-order valence-corrected chi connectivity index (χ0v) is 13.5. The summed E-state index contributed by atoms with van der Waals surface area (Å²) in [6.07, 6.45) is 0.856. The highest BCUT2D eigenvalue weighted by Gasteiger charge is 2.16. The van der Waals surface area contributed by atoms with E-state index in [9.17, 15) is 4.39 Å². The van der Waals surface area contributed by atoms with E-state index in [0.29, 0.717) is 0 Å². The van der Waals surface area contributed by atoms with E-state index in [1.807, 2.05) is 18.2 Å². The molecule has 4 aromatic rings. The van der Waals surface area contributed by atoms with Crippen molar-refractivity contribution in [1.82, 2.24) is 4.57 Å². The Hall–Kier alpha value is -2.87. The van der Waals surface area contributed by atoms with Crippen LogP contribution in [-0.4, -0.2) is 4.57 Å². The van der Waals surface area contributed by atoms with Crippen molar-refractivity contribution in [2.45, 2.75) is 6.42 Å². The Morgan fingerprint density at radius 2 is 1.46 bits per heavy atom. The maximum Gasteiger partial charge on any atom is 0.123 e. The second-order valence-electron chi connectivity index (χ2n) is 6.07. The van der Waals surface area contributed by atoms with Crippen molar-refractivity contribution in [3.63, 3.8) is 0 Å². The molecule has 0 radical (unpaired) electrons. The minimum Gasteiger partial charge on any atom is -0.343 e. The van der Waals surface area contributed by atoms with Crippen molar-refractivity contribution in [2.75, 3.05) is 0 Å². The van der Waals surface area contributed by atoms with E-state index in [4.69, 9.17) is 0 Å². The van der Waals surface area contributed by atoms with Gasteiger partial charge in [-0.2, -0.15) is 0 Å². The number of fused-ring (bicyclic) bond motifs is 1. The van der Waals surface area contributed by atoms with Gasteiger partial charge in [0, 0.05) is 24.4 Å². The number of hydrogen-bond acceptors (Lipinski definition) is 0. The van der Waals surface area contributed by atoms with E-state index in [-0.39, 0.29) is 5.82 Å². The van der Waals surface area contributed by atoms with Gasteiger partial charge in [0.05, 0.1) is 5.69 Å². The van der Waals surface area contributed by atoms with E-state index < -0.39 is 0 Å². The smallest absolute Gasteiger partial charge is 0.123 e. The van der Waals surface area contributed by atoms with Crippen LogP contribution in [0.4, 0.5) is 4.39 Å². The Labute approximate surface area is 141 Å². The van der Waals surface area contributed by atoms with E-state index >= 15 is 0 Å². The van der Waals surface area contributed by atoms with Gasteiger partial charge in [-0.1, -0.05) is 48.5 Å². The number of nitrogens with zero attached hydrogens (tertiary/aromatic N) is 1. The zero-order valence-electron chi connectivity index (χ0n) is 13.5. The third-order valence-electron chi connectivity index (χ3n) is 4.55. The van der Waals surface area contributed by atoms with Crippen LogP contribution in [0.15, 0.2) is 78.9 Å². The molecule has 0 aliphatic heterocycles. The average molecular weight is 315 g/mol. The summed E-state index contributed by atoms with van der Waals surface area (Å²) in [5.41, 5.74) is 5.95. The molecule has 0 spiro atoms. The molecule has 0 amide bonds. The van der Waals surface area contributed by atoms with E-state index in [0.717, 1.165) is 17.7 Å². The number of halogens is 1. The number of aryl methyl sites for hydroxylation is 1. The Bertz CT molecular complexity index is 982. The number of hydrogen-bond donors (Lipinski definition) is 0. The standard InChI is InChI=1S/C22H18FN/c1-24-21-10-6-5-9-19(21)20(15-16-7-3-2-4-8-16)22(24)17-11-13-18(23)14-12-17/h2-14H,15H2,1H3. The number of rotatable bonds is 3. The first-order chi connectivity index (χ1) is 11.7. The van der Waals surface area contributed by atoms with Crippen LogP contribution < -0.4 is 0 Å². The van der Waals surface area contributed by atoms with Crippen LogP contribution in [0.2, 0.25) is 0 Å². The minimum atomic E-state index is -0.206. The van der Waals surface area contributed by atoms with E-state index in [1.54, 1.807) is 0 Å². The van der Waals surface area contributed by atoms with Crippen molar-refractivity contribution < 1.29 is 4.39 Å². The molecular weight excluding hydrogens is 297 g/mol. The molecule has 0 N–H and O–H groups in total. The molecule has 24 heavy (non-hydrogen) atoms. The van der Waals surface area contributed by atoms with Gasteiger partial charge < -0.3 is 4.57 Å². The molecule has 3 aromatic carbocycles. The van der Waals surface area contributed by atoms with Gasteiger partial charge in [0.2, 0.25) is 0 Å². The number of para-hydroxylation sites is 1. The zero-order chi connectivity index (χ0) is 16.5. The minimum absolute atomic E-state index is 0.206. The summed E-state index contributed by atoms with van der Waals surface area (Å²) in [6, 6.07) is 25.7. The van der Waals surface area contributed by atoms with Crippen LogP contribution >= 0.6 is 0 Å². The molecule has 1 nitrogen and oxygen atoms in total. The quantitative estimate of drug-likeness (QED) is 0.465. The molecule has 4 rings (SSSR count). The van der Waals surface area contributed by atoms with Crippen LogP contribution in [0.1, 0.15) is 11.1 Å². The fourth-order valence-corrected chi connectivity index (χ4v) is 3.43. The fraction of sp³-hybridized carbons (Fsp3) is 0.0909.